The van der Waals surface area contributed by atoms with Crippen molar-refractivity contribution in [2.24, 2.45) is 0 Å². The molecule has 2 aromatic rings. The smallest absolute Gasteiger partial charge is 0.373 e. The van der Waals surface area contributed by atoms with Crippen molar-refractivity contribution in [1.29, 1.82) is 0 Å². The first kappa shape index (κ1) is 12.8. The summed E-state index contributed by atoms with van der Waals surface area (Å²) < 4.78 is 10.8. The van der Waals surface area contributed by atoms with E-state index in [1.54, 1.807) is 24.4 Å². The van der Waals surface area contributed by atoms with E-state index in [4.69, 9.17) is 14.6 Å². The van der Waals surface area contributed by atoms with Crippen LogP contribution >= 0.6 is 15.9 Å². The van der Waals surface area contributed by atoms with Gasteiger partial charge in [-0.2, -0.15) is 0 Å². The molecule has 0 spiro atoms. The fraction of sp³-hybridized carbons (Fsp3) is 0.167. The molecule has 0 bridgehead atoms. The normalized spacial score (nSPS) is 12.3. The second-order valence-corrected chi connectivity index (χ2v) is 4.45. The molecule has 1 unspecified atom stereocenters. The van der Waals surface area contributed by atoms with E-state index >= 15 is 0 Å². The Morgan fingerprint density at radius 1 is 1.44 bits per heavy atom. The van der Waals surface area contributed by atoms with Gasteiger partial charge in [-0.15, -0.1) is 0 Å². The van der Waals surface area contributed by atoms with E-state index in [9.17, 15) is 4.79 Å². The fourth-order valence-corrected chi connectivity index (χ4v) is 1.83. The van der Waals surface area contributed by atoms with Gasteiger partial charge in [0.15, 0.2) is 0 Å². The van der Waals surface area contributed by atoms with Crippen molar-refractivity contribution in [2.45, 2.75) is 6.29 Å². The van der Waals surface area contributed by atoms with Crippen LogP contribution in [0, 0.1) is 0 Å². The molecular weight excluding hydrogens is 302 g/mol. The lowest BCUT2D eigenvalue weighted by Crippen LogP contribution is -2.28. The number of halogens is 1. The zero-order valence-electron chi connectivity index (χ0n) is 9.46. The maximum Gasteiger partial charge on any atom is 0.373 e. The number of carbonyl (C=O) groups is 1. The fourth-order valence-electron chi connectivity index (χ4n) is 1.48. The highest BCUT2D eigenvalue weighted by Gasteiger charge is 2.18. The van der Waals surface area contributed by atoms with E-state index in [1.165, 1.54) is 7.11 Å². The molecule has 18 heavy (non-hydrogen) atoms. The van der Waals surface area contributed by atoms with Crippen LogP contribution in [0.25, 0.3) is 10.9 Å². The summed E-state index contributed by atoms with van der Waals surface area (Å²) in [5.41, 5.74) is 0.801. The average molecular weight is 312 g/mol. The first-order chi connectivity index (χ1) is 8.60. The number of benzene rings is 1. The van der Waals surface area contributed by atoms with Crippen molar-refractivity contribution in [1.82, 2.24) is 4.98 Å². The van der Waals surface area contributed by atoms with Crippen molar-refractivity contribution in [3.63, 3.8) is 0 Å². The summed E-state index contributed by atoms with van der Waals surface area (Å²) in [7, 11) is 1.28. The highest BCUT2D eigenvalue weighted by atomic mass is 79.9. The van der Waals surface area contributed by atoms with E-state index in [0.29, 0.717) is 5.75 Å². The van der Waals surface area contributed by atoms with E-state index in [-0.39, 0.29) is 0 Å². The molecular formula is C12H10BrNO4. The second kappa shape index (κ2) is 5.32. The van der Waals surface area contributed by atoms with Crippen LogP contribution in [0.4, 0.5) is 0 Å². The van der Waals surface area contributed by atoms with Crippen LogP contribution in [0.5, 0.6) is 5.75 Å². The number of carboxylic acids is 1. The minimum atomic E-state index is -1.32. The van der Waals surface area contributed by atoms with Crippen molar-refractivity contribution in [3.05, 3.63) is 34.9 Å². The number of carboxylic acid groups (broad SMARTS) is 1. The van der Waals surface area contributed by atoms with Crippen LogP contribution in [-0.4, -0.2) is 29.5 Å². The van der Waals surface area contributed by atoms with Gasteiger partial charge in [0.25, 0.3) is 6.29 Å². The number of fused-ring (bicyclic) bond motifs is 1. The van der Waals surface area contributed by atoms with Crippen molar-refractivity contribution < 1.29 is 19.4 Å². The lowest BCUT2D eigenvalue weighted by molar-refractivity contribution is -0.166. The van der Waals surface area contributed by atoms with Crippen molar-refractivity contribution in [2.75, 3.05) is 7.11 Å². The van der Waals surface area contributed by atoms with E-state index in [2.05, 4.69) is 20.9 Å². The number of nitrogens with zero attached hydrogens (tertiary/aromatic N) is 1. The number of hydrogen-bond acceptors (Lipinski definition) is 4. The number of methoxy groups -OCH3 is 1. The summed E-state index contributed by atoms with van der Waals surface area (Å²) in [5.74, 6) is -0.762. The number of hydrogen-bond donors (Lipinski definition) is 1. The van der Waals surface area contributed by atoms with Gasteiger partial charge in [-0.3, -0.25) is 4.98 Å². The maximum absolute atomic E-state index is 10.8. The van der Waals surface area contributed by atoms with Gasteiger partial charge in [0.1, 0.15) is 5.75 Å². The molecule has 94 valence electrons. The molecule has 0 aliphatic carbocycles. The lowest BCUT2D eigenvalue weighted by Gasteiger charge is -2.13. The monoisotopic (exact) mass is 311 g/mol. The van der Waals surface area contributed by atoms with E-state index in [0.717, 1.165) is 15.4 Å². The van der Waals surface area contributed by atoms with Gasteiger partial charge >= 0.3 is 5.97 Å². The molecule has 1 aromatic heterocycles. The zero-order chi connectivity index (χ0) is 13.1. The molecule has 0 aliphatic heterocycles. The van der Waals surface area contributed by atoms with Gasteiger partial charge in [0, 0.05) is 23.2 Å². The quantitative estimate of drug-likeness (QED) is 0.878. The van der Waals surface area contributed by atoms with Crippen molar-refractivity contribution >= 4 is 32.8 Å². The number of ether oxygens (including phenoxy) is 2. The number of rotatable bonds is 4. The molecule has 0 saturated carbocycles. The van der Waals surface area contributed by atoms with Crippen LogP contribution in [0.3, 0.4) is 0 Å². The predicted octanol–water partition coefficient (Wildman–Crippen LogP) is 2.43. The minimum Gasteiger partial charge on any atom is -0.477 e. The van der Waals surface area contributed by atoms with Gasteiger partial charge < -0.3 is 14.6 Å². The van der Waals surface area contributed by atoms with E-state index in [1.807, 2.05) is 6.07 Å². The highest BCUT2D eigenvalue weighted by molar-refractivity contribution is 9.10. The molecule has 2 rings (SSSR count). The summed E-state index contributed by atoms with van der Waals surface area (Å²) in [6.07, 6.45) is 0.375. The Hall–Kier alpha value is -1.66. The molecule has 1 aromatic carbocycles. The molecule has 0 saturated heterocycles. The maximum atomic E-state index is 10.8. The summed E-state index contributed by atoms with van der Waals surface area (Å²) >= 11 is 3.32. The van der Waals surface area contributed by atoms with Crippen LogP contribution in [-0.2, 0) is 9.53 Å². The Morgan fingerprint density at radius 2 is 2.22 bits per heavy atom. The number of aromatic nitrogens is 1. The third-order valence-electron chi connectivity index (χ3n) is 2.28. The number of pyridine rings is 1. The van der Waals surface area contributed by atoms with Gasteiger partial charge in [-0.05, 0) is 40.2 Å². The van der Waals surface area contributed by atoms with Gasteiger partial charge in [-0.25, -0.2) is 4.79 Å². The van der Waals surface area contributed by atoms with E-state index < -0.39 is 12.3 Å². The summed E-state index contributed by atoms with van der Waals surface area (Å²) in [6.45, 7) is 0. The molecule has 5 nitrogen and oxygen atoms in total. The summed E-state index contributed by atoms with van der Waals surface area (Å²) in [6, 6.07) is 6.99. The van der Waals surface area contributed by atoms with Gasteiger partial charge in [0.2, 0.25) is 0 Å². The SMILES string of the molecule is COC(Oc1ccc2ncc(Br)cc2c1)C(=O)O. The van der Waals surface area contributed by atoms with Crippen LogP contribution in [0.15, 0.2) is 34.9 Å². The second-order valence-electron chi connectivity index (χ2n) is 3.53. The largest absolute Gasteiger partial charge is 0.477 e. The molecule has 0 aliphatic rings. The Morgan fingerprint density at radius 3 is 2.89 bits per heavy atom. The molecule has 0 radical (unpaired) electrons. The Labute approximate surface area is 111 Å². The van der Waals surface area contributed by atoms with Crippen LogP contribution < -0.4 is 4.74 Å². The van der Waals surface area contributed by atoms with Gasteiger partial charge in [0.05, 0.1) is 5.52 Å². The van der Waals surface area contributed by atoms with Gasteiger partial charge in [-0.1, -0.05) is 0 Å². The molecule has 1 atom stereocenters. The third kappa shape index (κ3) is 2.77. The van der Waals surface area contributed by atoms with Crippen LogP contribution in [0.2, 0.25) is 0 Å². The molecule has 1 heterocycles. The molecule has 0 amide bonds. The Balaban J connectivity index is 2.31. The first-order valence-electron chi connectivity index (χ1n) is 5.08. The van der Waals surface area contributed by atoms with Crippen LogP contribution in [0.1, 0.15) is 0 Å². The van der Waals surface area contributed by atoms with Crippen molar-refractivity contribution in [3.8, 4) is 5.75 Å². The first-order valence-corrected chi connectivity index (χ1v) is 5.87. The third-order valence-corrected chi connectivity index (χ3v) is 2.71. The lowest BCUT2D eigenvalue weighted by atomic mass is 10.2. The molecule has 6 heteroatoms. The average Bonchev–Trinajstić information content (AvgIpc) is 2.35. The predicted molar refractivity (Wildman–Crippen MR) is 68.5 cm³/mol. The highest BCUT2D eigenvalue weighted by Crippen LogP contribution is 2.23. The Kier molecular flexibility index (Phi) is 3.78. The Bertz CT molecular complexity index is 587. The summed E-state index contributed by atoms with van der Waals surface area (Å²) in [4.78, 5) is 15.0. The number of aliphatic carboxylic acids is 1. The molecule has 1 N–H and O–H groups in total. The topological polar surface area (TPSA) is 68.7 Å². The summed E-state index contributed by atoms with van der Waals surface area (Å²) in [5, 5.41) is 9.67. The molecule has 0 fully saturated rings. The standard InChI is InChI=1S/C12H10BrNO4/c1-17-12(11(15)16)18-9-2-3-10-7(5-9)4-8(13)6-14-10/h2-6,12H,1H3,(H,15,16). The minimum absolute atomic E-state index is 0.414. The zero-order valence-corrected chi connectivity index (χ0v) is 11.0.